The van der Waals surface area contributed by atoms with E-state index in [1.807, 2.05) is 0 Å². The van der Waals surface area contributed by atoms with Crippen LogP contribution < -0.4 is 4.74 Å². The molecule has 1 rings (SSSR count). The Balaban J connectivity index is 3.39. The summed E-state index contributed by atoms with van der Waals surface area (Å²) in [6, 6.07) is -1.36. The third kappa shape index (κ3) is 1.72. The first-order valence-electron chi connectivity index (χ1n) is 5.28. The molecule has 1 nitrogen and oxygen atoms in total. The summed E-state index contributed by atoms with van der Waals surface area (Å²) in [4.78, 5) is 0. The Labute approximate surface area is 71.2 Å². The summed E-state index contributed by atoms with van der Waals surface area (Å²) in [7, 11) is -1.68. The first-order chi connectivity index (χ1) is 6.86. The molecule has 0 fully saturated rings. The van der Waals surface area contributed by atoms with Crippen LogP contribution in [0.4, 0.5) is 0 Å². The van der Waals surface area contributed by atoms with Crippen LogP contribution in [0.5, 0.6) is 5.75 Å². The number of methoxy groups -OCH3 is 1. The quantitative estimate of drug-likeness (QED) is 0.665. The molecule has 0 heterocycles. The number of halogens is 1. The van der Waals surface area contributed by atoms with E-state index in [2.05, 4.69) is 20.7 Å². The molecule has 9 heavy (non-hydrogen) atoms. The van der Waals surface area contributed by atoms with E-state index in [0.29, 0.717) is 0 Å². The predicted octanol–water partition coefficient (Wildman–Crippen LogP) is 2.46. The summed E-state index contributed by atoms with van der Waals surface area (Å²) in [6.45, 7) is 0. The molecule has 0 radical (unpaired) electrons. The maximum atomic E-state index is 7.45. The van der Waals surface area contributed by atoms with Gasteiger partial charge < -0.3 is 4.74 Å². The van der Waals surface area contributed by atoms with Crippen molar-refractivity contribution in [3.8, 4) is 5.75 Å². The molecule has 0 aromatic heterocycles. The van der Waals surface area contributed by atoms with Gasteiger partial charge in [-0.1, -0.05) is 15.9 Å². The molecule has 0 amide bonds. The van der Waals surface area contributed by atoms with Crippen molar-refractivity contribution in [1.82, 2.24) is 0 Å². The van der Waals surface area contributed by atoms with E-state index in [1.54, 1.807) is 0 Å². The van der Waals surface area contributed by atoms with E-state index < -0.39 is 19.1 Å². The van der Waals surface area contributed by atoms with E-state index in [1.165, 1.54) is 0 Å². The highest BCUT2D eigenvalue weighted by atomic mass is 79.9. The van der Waals surface area contributed by atoms with Crippen molar-refractivity contribution < 1.29 is 13.0 Å². The molecule has 0 saturated carbocycles. The second-order valence-corrected chi connectivity index (χ2v) is 2.05. The molecule has 0 bridgehead atoms. The van der Waals surface area contributed by atoms with Crippen molar-refractivity contribution in [2.75, 3.05) is 7.06 Å². The van der Waals surface area contributed by atoms with E-state index in [0.717, 1.165) is 0 Å². The van der Waals surface area contributed by atoms with E-state index in [-0.39, 0.29) is 22.3 Å². The Morgan fingerprint density at radius 2 is 2.22 bits per heavy atom. The number of ether oxygens (including phenoxy) is 1. The van der Waals surface area contributed by atoms with Crippen LogP contribution >= 0.6 is 15.9 Å². The van der Waals surface area contributed by atoms with Crippen LogP contribution in [0, 0.1) is 0 Å². The summed E-state index contributed by atoms with van der Waals surface area (Å²) < 4.78 is 48.1. The average Bonchev–Trinajstić information content (AvgIpc) is 2.18. The Hall–Kier alpha value is -0.500. The predicted molar refractivity (Wildman–Crippen MR) is 40.7 cm³/mol. The minimum atomic E-state index is -1.68. The van der Waals surface area contributed by atoms with Gasteiger partial charge in [-0.25, -0.2) is 0 Å². The number of rotatable bonds is 1. The summed E-state index contributed by atoms with van der Waals surface area (Å²) >= 11 is 2.92. The second-order valence-electron chi connectivity index (χ2n) is 1.26. The summed E-state index contributed by atoms with van der Waals surface area (Å²) in [5.41, 5.74) is 0. The minimum absolute atomic E-state index is 0.0383. The number of benzene rings is 1. The molecule has 1 aromatic carbocycles. The highest BCUT2D eigenvalue weighted by molar-refractivity contribution is 9.10. The minimum Gasteiger partial charge on any atom is -0.497 e. The third-order valence-corrected chi connectivity index (χ3v) is 1.09. The molecule has 0 saturated heterocycles. The van der Waals surface area contributed by atoms with Crippen molar-refractivity contribution in [1.29, 1.82) is 0 Å². The van der Waals surface area contributed by atoms with Crippen molar-refractivity contribution >= 4 is 15.9 Å². The molecule has 0 unspecified atom stereocenters. The van der Waals surface area contributed by atoms with Gasteiger partial charge >= 0.3 is 0 Å². The van der Waals surface area contributed by atoms with E-state index in [4.69, 9.17) is 8.22 Å². The SMILES string of the molecule is [2H]c1c([2H])c(OC([2H])[2H])c([2H])c([2H])c1Br. The smallest absolute Gasteiger partial charge is 0.118 e. The number of hydrogen-bond donors (Lipinski definition) is 0. The lowest BCUT2D eigenvalue weighted by Gasteiger charge is -1.96. The topological polar surface area (TPSA) is 9.23 Å². The van der Waals surface area contributed by atoms with Gasteiger partial charge in [0.25, 0.3) is 0 Å². The first-order valence-corrected chi connectivity index (χ1v) is 2.92. The van der Waals surface area contributed by atoms with Gasteiger partial charge in [0.1, 0.15) is 5.75 Å². The second kappa shape index (κ2) is 2.87. The molecule has 0 N–H and O–H groups in total. The zero-order valence-electron chi connectivity index (χ0n) is 10.4. The average molecular weight is 193 g/mol. The van der Waals surface area contributed by atoms with E-state index >= 15 is 0 Å². The van der Waals surface area contributed by atoms with Crippen LogP contribution in [0.3, 0.4) is 0 Å². The zero-order valence-corrected chi connectivity index (χ0v) is 5.95. The normalized spacial score (nSPS) is 18.9. The maximum Gasteiger partial charge on any atom is 0.118 e. The van der Waals surface area contributed by atoms with Gasteiger partial charge in [0.05, 0.1) is 15.3 Å². The molecule has 0 aliphatic rings. The molecule has 0 atom stereocenters. The van der Waals surface area contributed by atoms with Gasteiger partial charge in [-0.05, 0) is 24.2 Å². The lowest BCUT2D eigenvalue weighted by Crippen LogP contribution is -1.79. The Morgan fingerprint density at radius 3 is 2.78 bits per heavy atom. The monoisotopic (exact) mass is 192 g/mol. The molecule has 2 heteroatoms. The van der Waals surface area contributed by atoms with Crippen LogP contribution in [0.15, 0.2) is 28.6 Å². The van der Waals surface area contributed by atoms with Gasteiger partial charge in [-0.15, -0.1) is 0 Å². The molecule has 0 spiro atoms. The van der Waals surface area contributed by atoms with Crippen LogP contribution in [0.25, 0.3) is 0 Å². The Bertz CT molecular complexity index is 365. The van der Waals surface area contributed by atoms with Crippen molar-refractivity contribution in [3.05, 3.63) is 28.6 Å². The van der Waals surface area contributed by atoms with Crippen molar-refractivity contribution in [2.24, 2.45) is 0 Å². The molecule has 0 aliphatic heterocycles. The Morgan fingerprint density at radius 1 is 1.56 bits per heavy atom. The fourth-order valence-electron chi connectivity index (χ4n) is 0.345. The van der Waals surface area contributed by atoms with Crippen LogP contribution in [-0.2, 0) is 0 Å². The standard InChI is InChI=1S/C7H7BrO/c1-9-7-4-2-6(8)3-5-7/h2-5H,1H3/i1D2,2D,3D,4D,5D. The van der Waals surface area contributed by atoms with Gasteiger partial charge in [-0.3, -0.25) is 0 Å². The lowest BCUT2D eigenvalue weighted by molar-refractivity contribution is 0.414. The highest BCUT2D eigenvalue weighted by Gasteiger charge is 1.86. The Kier molecular flexibility index (Phi) is 0.726. The fourth-order valence-corrected chi connectivity index (χ4v) is 0.543. The van der Waals surface area contributed by atoms with Crippen molar-refractivity contribution in [2.45, 2.75) is 0 Å². The lowest BCUT2D eigenvalue weighted by atomic mass is 10.3. The van der Waals surface area contributed by atoms with Gasteiger partial charge in [0.2, 0.25) is 0 Å². The third-order valence-electron chi connectivity index (χ3n) is 0.689. The molecular formula is C7H7BrO. The summed E-state index contributed by atoms with van der Waals surface area (Å²) in [6.07, 6.45) is 0. The van der Waals surface area contributed by atoms with Gasteiger partial charge in [-0.2, -0.15) is 0 Å². The summed E-state index contributed by atoms with van der Waals surface area (Å²) in [5.74, 6) is -0.372. The maximum absolute atomic E-state index is 7.45. The van der Waals surface area contributed by atoms with Gasteiger partial charge in [0, 0.05) is 4.47 Å². The highest BCUT2D eigenvalue weighted by Crippen LogP contribution is 2.14. The van der Waals surface area contributed by atoms with Crippen LogP contribution in [-0.4, -0.2) is 7.06 Å². The van der Waals surface area contributed by atoms with Crippen LogP contribution in [0.1, 0.15) is 8.22 Å². The van der Waals surface area contributed by atoms with Crippen molar-refractivity contribution in [3.63, 3.8) is 0 Å². The zero-order chi connectivity index (χ0) is 11.7. The number of hydrogen-bond acceptors (Lipinski definition) is 1. The first kappa shape index (κ1) is 2.27. The summed E-state index contributed by atoms with van der Waals surface area (Å²) in [5, 5.41) is 0. The fraction of sp³-hybridized carbons (Fsp3) is 0.143. The van der Waals surface area contributed by atoms with Gasteiger partial charge in [0.15, 0.2) is 0 Å². The van der Waals surface area contributed by atoms with E-state index in [9.17, 15) is 0 Å². The molecule has 0 aliphatic carbocycles. The van der Waals surface area contributed by atoms with Crippen LogP contribution in [0.2, 0.25) is 0 Å². The molecular weight excluding hydrogens is 180 g/mol. The molecule has 48 valence electrons. The molecule has 1 aromatic rings. The largest absolute Gasteiger partial charge is 0.497 e.